The Balaban J connectivity index is 2.88. The van der Waals surface area contributed by atoms with E-state index in [0.717, 1.165) is 10.4 Å². The zero-order chi connectivity index (χ0) is 8.72. The van der Waals surface area contributed by atoms with Crippen LogP contribution in [-0.2, 0) is 0 Å². The number of nitrogen functional groups attached to an aromatic ring is 1. The Hall–Kier alpha value is -1.09. The van der Waals surface area contributed by atoms with Crippen molar-refractivity contribution in [3.63, 3.8) is 0 Å². The predicted molar refractivity (Wildman–Crippen MR) is 53.5 cm³/mol. The fourth-order valence-electron chi connectivity index (χ4n) is 1.34. The summed E-state index contributed by atoms with van der Waals surface area (Å²) in [5.41, 5.74) is 6.75. The zero-order valence-electron chi connectivity index (χ0n) is 7.09. The number of pyridine rings is 1. The van der Waals surface area contributed by atoms with Gasteiger partial charge in [0.05, 0.1) is 4.70 Å². The molecule has 2 aromatic rings. The highest BCUT2D eigenvalue weighted by Gasteiger charge is 2.03. The van der Waals surface area contributed by atoms with Crippen molar-refractivity contribution >= 4 is 27.2 Å². The number of aromatic nitrogens is 1. The molecule has 0 bridgehead atoms. The van der Waals surface area contributed by atoms with Crippen molar-refractivity contribution in [3.8, 4) is 0 Å². The van der Waals surface area contributed by atoms with Crippen LogP contribution >= 0.6 is 11.3 Å². The minimum absolute atomic E-state index is 0.656. The highest BCUT2D eigenvalue weighted by atomic mass is 32.1. The summed E-state index contributed by atoms with van der Waals surface area (Å²) < 4.78 is 1.11. The van der Waals surface area contributed by atoms with Gasteiger partial charge in [-0.2, -0.15) is 0 Å². The summed E-state index contributed by atoms with van der Waals surface area (Å²) in [7, 11) is 0. The Morgan fingerprint density at radius 3 is 2.83 bits per heavy atom. The average molecular weight is 178 g/mol. The first-order valence-electron chi connectivity index (χ1n) is 3.80. The van der Waals surface area contributed by atoms with Gasteiger partial charge in [0, 0.05) is 10.6 Å². The van der Waals surface area contributed by atoms with E-state index in [1.54, 1.807) is 11.3 Å². The van der Waals surface area contributed by atoms with Gasteiger partial charge in [0.2, 0.25) is 0 Å². The van der Waals surface area contributed by atoms with Crippen LogP contribution in [0.3, 0.4) is 0 Å². The van der Waals surface area contributed by atoms with Crippen molar-refractivity contribution < 1.29 is 0 Å². The van der Waals surface area contributed by atoms with E-state index < -0.39 is 0 Å². The number of nitrogens with zero attached hydrogens (tertiary/aromatic N) is 1. The van der Waals surface area contributed by atoms with Gasteiger partial charge in [-0.15, -0.1) is 11.3 Å². The molecule has 3 heteroatoms. The summed E-state index contributed by atoms with van der Waals surface area (Å²) >= 11 is 1.70. The molecule has 2 N–H and O–H groups in total. The van der Waals surface area contributed by atoms with Crippen molar-refractivity contribution in [2.45, 2.75) is 13.8 Å². The fraction of sp³-hybridized carbons (Fsp3) is 0.222. The van der Waals surface area contributed by atoms with Gasteiger partial charge in [0.25, 0.3) is 0 Å². The zero-order valence-corrected chi connectivity index (χ0v) is 7.90. The first kappa shape index (κ1) is 7.55. The van der Waals surface area contributed by atoms with E-state index in [0.29, 0.717) is 5.82 Å². The van der Waals surface area contributed by atoms with E-state index in [2.05, 4.69) is 24.0 Å². The Bertz CT molecular complexity index is 431. The third-order valence-electron chi connectivity index (χ3n) is 1.78. The smallest absolute Gasteiger partial charge is 0.141 e. The molecule has 0 aliphatic rings. The lowest BCUT2D eigenvalue weighted by atomic mass is 10.2. The standard InChI is InChI=1S/C9H10N2S/c1-5-3-7-4-6(2)12-8(7)9(10)11-5/h3-4H,1-2H3,(H2,10,11). The van der Waals surface area contributed by atoms with E-state index in [9.17, 15) is 0 Å². The maximum absolute atomic E-state index is 5.77. The summed E-state index contributed by atoms with van der Waals surface area (Å²) in [5.74, 6) is 0.656. The van der Waals surface area contributed by atoms with Crippen molar-refractivity contribution in [3.05, 3.63) is 22.7 Å². The van der Waals surface area contributed by atoms with E-state index in [1.807, 2.05) is 6.92 Å². The topological polar surface area (TPSA) is 38.9 Å². The Labute approximate surface area is 75.0 Å². The molecule has 2 nitrogen and oxygen atoms in total. The van der Waals surface area contributed by atoms with Gasteiger partial charge in [-0.25, -0.2) is 4.98 Å². The first-order chi connectivity index (χ1) is 5.66. The molecule has 0 aliphatic carbocycles. The summed E-state index contributed by atoms with van der Waals surface area (Å²) in [5, 5.41) is 1.21. The van der Waals surface area contributed by atoms with E-state index in [1.165, 1.54) is 10.3 Å². The number of nitrogens with two attached hydrogens (primary N) is 1. The Morgan fingerprint density at radius 1 is 1.33 bits per heavy atom. The Kier molecular flexibility index (Phi) is 1.54. The van der Waals surface area contributed by atoms with Gasteiger partial charge in [-0.1, -0.05) is 0 Å². The lowest BCUT2D eigenvalue weighted by molar-refractivity contribution is 1.24. The highest BCUT2D eigenvalue weighted by Crippen LogP contribution is 2.28. The summed E-state index contributed by atoms with van der Waals surface area (Å²) in [6, 6.07) is 4.21. The second-order valence-corrected chi connectivity index (χ2v) is 4.18. The lowest BCUT2D eigenvalue weighted by Crippen LogP contribution is -1.91. The molecule has 0 unspecified atom stereocenters. The van der Waals surface area contributed by atoms with Crippen LogP contribution in [0.25, 0.3) is 10.1 Å². The number of hydrogen-bond acceptors (Lipinski definition) is 3. The predicted octanol–water partition coefficient (Wildman–Crippen LogP) is 2.50. The molecule has 0 fully saturated rings. The third kappa shape index (κ3) is 1.06. The Morgan fingerprint density at radius 2 is 2.08 bits per heavy atom. The summed E-state index contributed by atoms with van der Waals surface area (Å²) in [4.78, 5) is 5.48. The number of fused-ring (bicyclic) bond motifs is 1. The van der Waals surface area contributed by atoms with Gasteiger partial charge < -0.3 is 5.73 Å². The minimum atomic E-state index is 0.656. The molecule has 0 aromatic carbocycles. The first-order valence-corrected chi connectivity index (χ1v) is 4.62. The second kappa shape index (κ2) is 2.45. The van der Waals surface area contributed by atoms with Crippen LogP contribution < -0.4 is 5.73 Å². The van der Waals surface area contributed by atoms with Crippen LogP contribution in [0.15, 0.2) is 12.1 Å². The van der Waals surface area contributed by atoms with Gasteiger partial charge in [0.15, 0.2) is 0 Å². The van der Waals surface area contributed by atoms with E-state index in [4.69, 9.17) is 5.73 Å². The van der Waals surface area contributed by atoms with Crippen molar-refractivity contribution in [1.82, 2.24) is 4.98 Å². The van der Waals surface area contributed by atoms with Crippen LogP contribution in [0.4, 0.5) is 5.82 Å². The van der Waals surface area contributed by atoms with Gasteiger partial charge >= 0.3 is 0 Å². The van der Waals surface area contributed by atoms with Crippen LogP contribution in [0.5, 0.6) is 0 Å². The third-order valence-corrected chi connectivity index (χ3v) is 2.87. The monoisotopic (exact) mass is 178 g/mol. The molecule has 62 valence electrons. The van der Waals surface area contributed by atoms with Crippen molar-refractivity contribution in [2.75, 3.05) is 5.73 Å². The molecule has 2 heterocycles. The van der Waals surface area contributed by atoms with Crippen LogP contribution in [0.1, 0.15) is 10.6 Å². The SMILES string of the molecule is Cc1cc2cc(C)sc2c(N)n1. The summed E-state index contributed by atoms with van der Waals surface area (Å²) in [6.07, 6.45) is 0. The number of anilines is 1. The molecular formula is C9H10N2S. The maximum Gasteiger partial charge on any atom is 0.141 e. The van der Waals surface area contributed by atoms with Gasteiger partial charge in [-0.05, 0) is 31.4 Å². The molecule has 0 saturated carbocycles. The second-order valence-electron chi connectivity index (χ2n) is 2.92. The maximum atomic E-state index is 5.77. The molecule has 0 amide bonds. The minimum Gasteiger partial charge on any atom is -0.382 e. The fourth-order valence-corrected chi connectivity index (χ4v) is 2.23. The molecule has 0 radical (unpaired) electrons. The molecule has 0 aliphatic heterocycles. The van der Waals surface area contributed by atoms with E-state index >= 15 is 0 Å². The van der Waals surface area contributed by atoms with Crippen LogP contribution in [-0.4, -0.2) is 4.98 Å². The van der Waals surface area contributed by atoms with Crippen molar-refractivity contribution in [1.29, 1.82) is 0 Å². The quantitative estimate of drug-likeness (QED) is 0.673. The number of thiophene rings is 1. The van der Waals surface area contributed by atoms with Crippen LogP contribution in [0.2, 0.25) is 0 Å². The number of rotatable bonds is 0. The molecular weight excluding hydrogens is 168 g/mol. The largest absolute Gasteiger partial charge is 0.382 e. The number of hydrogen-bond donors (Lipinski definition) is 1. The van der Waals surface area contributed by atoms with Crippen LogP contribution in [0, 0.1) is 13.8 Å². The highest BCUT2D eigenvalue weighted by molar-refractivity contribution is 7.19. The lowest BCUT2D eigenvalue weighted by Gasteiger charge is -1.96. The number of aryl methyl sites for hydroxylation is 2. The molecule has 2 aromatic heterocycles. The normalized spacial score (nSPS) is 10.8. The average Bonchev–Trinajstić information content (AvgIpc) is 2.29. The van der Waals surface area contributed by atoms with E-state index in [-0.39, 0.29) is 0 Å². The molecule has 2 rings (SSSR count). The molecule has 0 saturated heterocycles. The van der Waals surface area contributed by atoms with Crippen molar-refractivity contribution in [2.24, 2.45) is 0 Å². The molecule has 0 atom stereocenters. The van der Waals surface area contributed by atoms with Gasteiger partial charge in [0.1, 0.15) is 5.82 Å². The summed E-state index contributed by atoms with van der Waals surface area (Å²) in [6.45, 7) is 4.04. The molecule has 0 spiro atoms. The van der Waals surface area contributed by atoms with Gasteiger partial charge in [-0.3, -0.25) is 0 Å². The molecule has 12 heavy (non-hydrogen) atoms.